The first-order valence-electron chi connectivity index (χ1n) is 6.70. The van der Waals surface area contributed by atoms with E-state index < -0.39 is 0 Å². The van der Waals surface area contributed by atoms with Gasteiger partial charge in [0.1, 0.15) is 0 Å². The van der Waals surface area contributed by atoms with E-state index in [0.29, 0.717) is 0 Å². The molecule has 1 heterocycles. The molecule has 3 aromatic rings. The van der Waals surface area contributed by atoms with Gasteiger partial charge in [0, 0.05) is 13.6 Å². The molecule has 0 fully saturated rings. The molecule has 1 aromatic heterocycles. The quantitative estimate of drug-likeness (QED) is 0.540. The molecule has 0 aliphatic carbocycles. The number of benzene rings is 2. The Hall–Kier alpha value is -0.680. The van der Waals surface area contributed by atoms with E-state index >= 15 is 0 Å². The van der Waals surface area contributed by atoms with Crippen LogP contribution < -0.4 is 5.32 Å². The van der Waals surface area contributed by atoms with Crippen molar-refractivity contribution in [2.75, 3.05) is 7.05 Å². The summed E-state index contributed by atoms with van der Waals surface area (Å²) in [4.78, 5) is 0. The number of fused-ring (bicyclic) bond motifs is 1. The van der Waals surface area contributed by atoms with Gasteiger partial charge in [-0.1, -0.05) is 40.2 Å². The Morgan fingerprint density at radius 2 is 1.90 bits per heavy atom. The fraction of sp³-hybridized carbons (Fsp3) is 0.176. The lowest BCUT2D eigenvalue weighted by Gasteiger charge is -2.17. The zero-order chi connectivity index (χ0) is 15.0. The summed E-state index contributed by atoms with van der Waals surface area (Å²) in [5.74, 6) is 0. The van der Waals surface area contributed by atoms with Crippen molar-refractivity contribution in [1.29, 1.82) is 0 Å². The second kappa shape index (κ2) is 6.21. The molecule has 2 aromatic carbocycles. The molecule has 1 atom stereocenters. The number of hydrogen-bond donors (Lipinski definition) is 1. The maximum absolute atomic E-state index is 3.64. The maximum atomic E-state index is 3.64. The van der Waals surface area contributed by atoms with E-state index in [1.54, 1.807) is 11.3 Å². The van der Waals surface area contributed by atoms with Gasteiger partial charge in [-0.25, -0.2) is 0 Å². The van der Waals surface area contributed by atoms with E-state index in [-0.39, 0.29) is 6.04 Å². The molecule has 3 rings (SSSR count). The summed E-state index contributed by atoms with van der Waals surface area (Å²) in [7, 11) is 2.01. The summed E-state index contributed by atoms with van der Waals surface area (Å²) in [6.45, 7) is 2.11. The molecule has 1 nitrogen and oxygen atoms in total. The van der Waals surface area contributed by atoms with Gasteiger partial charge < -0.3 is 5.32 Å². The summed E-state index contributed by atoms with van der Waals surface area (Å²) in [6.07, 6.45) is 0. The molecule has 1 unspecified atom stereocenters. The lowest BCUT2D eigenvalue weighted by atomic mass is 9.97. The maximum Gasteiger partial charge on any atom is 0.0589 e. The SMILES string of the molecule is CNC(c1ccc(C)c(Br)c1)c1csc2c(Br)cccc12. The fourth-order valence-electron chi connectivity index (χ4n) is 2.56. The van der Waals surface area contributed by atoms with E-state index in [1.165, 1.54) is 26.8 Å². The highest BCUT2D eigenvalue weighted by atomic mass is 79.9. The summed E-state index contributed by atoms with van der Waals surface area (Å²) < 4.78 is 3.62. The van der Waals surface area contributed by atoms with Gasteiger partial charge >= 0.3 is 0 Å². The predicted molar refractivity (Wildman–Crippen MR) is 99.3 cm³/mol. The second-order valence-electron chi connectivity index (χ2n) is 5.04. The molecule has 1 N–H and O–H groups in total. The van der Waals surface area contributed by atoms with E-state index in [1.807, 2.05) is 7.05 Å². The number of rotatable bonds is 3. The van der Waals surface area contributed by atoms with Crippen molar-refractivity contribution in [3.63, 3.8) is 0 Å². The number of thiophene rings is 1. The topological polar surface area (TPSA) is 12.0 Å². The van der Waals surface area contributed by atoms with Crippen molar-refractivity contribution in [3.8, 4) is 0 Å². The molecule has 4 heteroatoms. The highest BCUT2D eigenvalue weighted by Crippen LogP contribution is 2.37. The standard InChI is InChI=1S/C17H15Br2NS/c1-10-6-7-11(8-15(10)19)16(20-2)13-9-21-17-12(13)4-3-5-14(17)18/h3-9,16,20H,1-2H3. The summed E-state index contributed by atoms with van der Waals surface area (Å²) in [6, 6.07) is 13.2. The first kappa shape index (κ1) is 15.2. The van der Waals surface area contributed by atoms with Gasteiger partial charge in [0.2, 0.25) is 0 Å². The molecule has 108 valence electrons. The minimum absolute atomic E-state index is 0.199. The second-order valence-corrected chi connectivity index (χ2v) is 7.63. The number of nitrogens with one attached hydrogen (secondary N) is 1. The molecule has 0 bridgehead atoms. The zero-order valence-corrected chi connectivity index (χ0v) is 15.8. The molecular formula is C17H15Br2NS. The van der Waals surface area contributed by atoms with Crippen molar-refractivity contribution >= 4 is 53.3 Å². The van der Waals surface area contributed by atoms with Crippen LogP contribution in [0.3, 0.4) is 0 Å². The minimum atomic E-state index is 0.199. The first-order valence-corrected chi connectivity index (χ1v) is 9.17. The van der Waals surface area contributed by atoms with E-state index in [9.17, 15) is 0 Å². The van der Waals surface area contributed by atoms with Gasteiger partial charge in [0.05, 0.1) is 6.04 Å². The number of hydrogen-bond acceptors (Lipinski definition) is 2. The Morgan fingerprint density at radius 1 is 1.10 bits per heavy atom. The van der Waals surface area contributed by atoms with Crippen LogP contribution in [-0.2, 0) is 0 Å². The van der Waals surface area contributed by atoms with Crippen LogP contribution in [0.15, 0.2) is 50.7 Å². The molecule has 0 saturated carbocycles. The zero-order valence-electron chi connectivity index (χ0n) is 11.8. The molecule has 0 spiro atoms. The average molecular weight is 425 g/mol. The third-order valence-electron chi connectivity index (χ3n) is 3.71. The molecule has 0 saturated heterocycles. The Balaban J connectivity index is 2.14. The summed E-state index contributed by atoms with van der Waals surface area (Å²) in [5, 5.41) is 7.01. The molecule has 21 heavy (non-hydrogen) atoms. The molecule has 0 amide bonds. The summed E-state index contributed by atoms with van der Waals surface area (Å²) in [5.41, 5.74) is 3.86. The van der Waals surface area contributed by atoms with Gasteiger partial charge in [-0.15, -0.1) is 11.3 Å². The van der Waals surface area contributed by atoms with Crippen LogP contribution in [0.1, 0.15) is 22.7 Å². The Kier molecular flexibility index (Phi) is 4.50. The third kappa shape index (κ3) is 2.82. The monoisotopic (exact) mass is 423 g/mol. The van der Waals surface area contributed by atoms with E-state index in [4.69, 9.17) is 0 Å². The van der Waals surface area contributed by atoms with Gasteiger partial charge in [0.15, 0.2) is 0 Å². The van der Waals surface area contributed by atoms with E-state index in [0.717, 1.165) is 8.95 Å². The first-order chi connectivity index (χ1) is 10.1. The van der Waals surface area contributed by atoms with Crippen molar-refractivity contribution in [3.05, 3.63) is 67.4 Å². The molecule has 0 aliphatic rings. The fourth-order valence-corrected chi connectivity index (χ4v) is 4.60. The highest BCUT2D eigenvalue weighted by molar-refractivity contribution is 9.11. The smallest absolute Gasteiger partial charge is 0.0589 e. The summed E-state index contributed by atoms with van der Waals surface area (Å²) >= 11 is 9.06. The highest BCUT2D eigenvalue weighted by Gasteiger charge is 2.17. The Labute approximate surface area is 145 Å². The van der Waals surface area contributed by atoms with Gasteiger partial charge in [-0.2, -0.15) is 0 Å². The van der Waals surface area contributed by atoms with Crippen LogP contribution in [0.25, 0.3) is 10.1 Å². The van der Waals surface area contributed by atoms with E-state index in [2.05, 4.69) is 85.9 Å². The normalized spacial score (nSPS) is 12.8. The lowest BCUT2D eigenvalue weighted by Crippen LogP contribution is -2.17. The largest absolute Gasteiger partial charge is 0.309 e. The Morgan fingerprint density at radius 3 is 2.62 bits per heavy atom. The van der Waals surface area contributed by atoms with Crippen molar-refractivity contribution in [1.82, 2.24) is 5.32 Å². The van der Waals surface area contributed by atoms with Gasteiger partial charge in [-0.05, 0) is 69.5 Å². The molecular weight excluding hydrogens is 410 g/mol. The number of halogens is 2. The lowest BCUT2D eigenvalue weighted by molar-refractivity contribution is 0.698. The molecule has 0 radical (unpaired) electrons. The van der Waals surface area contributed by atoms with Crippen LogP contribution in [0.5, 0.6) is 0 Å². The van der Waals surface area contributed by atoms with Crippen molar-refractivity contribution < 1.29 is 0 Å². The average Bonchev–Trinajstić information content (AvgIpc) is 2.89. The van der Waals surface area contributed by atoms with Crippen molar-refractivity contribution in [2.45, 2.75) is 13.0 Å². The minimum Gasteiger partial charge on any atom is -0.309 e. The van der Waals surface area contributed by atoms with Crippen LogP contribution >= 0.6 is 43.2 Å². The van der Waals surface area contributed by atoms with Gasteiger partial charge in [-0.3, -0.25) is 0 Å². The van der Waals surface area contributed by atoms with Gasteiger partial charge in [0.25, 0.3) is 0 Å². The third-order valence-corrected chi connectivity index (χ3v) is 6.54. The Bertz CT molecular complexity index is 795. The molecule has 0 aliphatic heterocycles. The van der Waals surface area contributed by atoms with Crippen LogP contribution in [0, 0.1) is 6.92 Å². The predicted octanol–water partition coefficient (Wildman–Crippen LogP) is 6.04. The number of aryl methyl sites for hydroxylation is 1. The van der Waals surface area contributed by atoms with Crippen LogP contribution in [-0.4, -0.2) is 7.05 Å². The van der Waals surface area contributed by atoms with Crippen LogP contribution in [0.2, 0.25) is 0 Å². The van der Waals surface area contributed by atoms with Crippen LogP contribution in [0.4, 0.5) is 0 Å². The van der Waals surface area contributed by atoms with Crippen molar-refractivity contribution in [2.24, 2.45) is 0 Å².